The van der Waals surface area contributed by atoms with Crippen molar-refractivity contribution in [2.75, 3.05) is 11.9 Å². The molecule has 0 spiro atoms. The number of hydrogen-bond acceptors (Lipinski definition) is 3. The summed E-state index contributed by atoms with van der Waals surface area (Å²) >= 11 is 0. The number of sulfonamides is 1. The Morgan fingerprint density at radius 1 is 1.12 bits per heavy atom. The SMILES string of the molecule is CCCNS(=O)(=O)c1cccc(C(=O)Nc2ccc(F)cc2F)c1. The van der Waals surface area contributed by atoms with E-state index >= 15 is 0 Å². The Morgan fingerprint density at radius 2 is 1.88 bits per heavy atom. The maximum Gasteiger partial charge on any atom is 0.255 e. The second-order valence-electron chi connectivity index (χ2n) is 5.00. The molecule has 0 heterocycles. The molecule has 2 aromatic carbocycles. The van der Waals surface area contributed by atoms with E-state index in [0.29, 0.717) is 12.5 Å². The van der Waals surface area contributed by atoms with Crippen LogP contribution in [0.25, 0.3) is 0 Å². The summed E-state index contributed by atoms with van der Waals surface area (Å²) in [6.07, 6.45) is 0.628. The molecule has 0 saturated carbocycles. The zero-order chi connectivity index (χ0) is 17.7. The molecule has 0 fully saturated rings. The second-order valence-corrected chi connectivity index (χ2v) is 6.77. The number of carbonyl (C=O) groups excluding carboxylic acids is 1. The molecule has 2 N–H and O–H groups in total. The van der Waals surface area contributed by atoms with Crippen molar-refractivity contribution >= 4 is 21.6 Å². The van der Waals surface area contributed by atoms with Crippen LogP contribution in [-0.4, -0.2) is 20.9 Å². The largest absolute Gasteiger partial charge is 0.319 e. The molecular formula is C16H16F2N2O3S. The Morgan fingerprint density at radius 3 is 2.54 bits per heavy atom. The van der Waals surface area contributed by atoms with Gasteiger partial charge in [0.25, 0.3) is 5.91 Å². The zero-order valence-electron chi connectivity index (χ0n) is 12.8. The van der Waals surface area contributed by atoms with Crippen LogP contribution in [0, 0.1) is 11.6 Å². The van der Waals surface area contributed by atoms with Gasteiger partial charge >= 0.3 is 0 Å². The molecule has 0 bridgehead atoms. The number of halogens is 2. The maximum absolute atomic E-state index is 13.6. The van der Waals surface area contributed by atoms with E-state index in [1.807, 2.05) is 6.92 Å². The Labute approximate surface area is 138 Å². The van der Waals surface area contributed by atoms with Gasteiger partial charge in [-0.2, -0.15) is 0 Å². The van der Waals surface area contributed by atoms with Crippen LogP contribution in [0.2, 0.25) is 0 Å². The molecule has 0 radical (unpaired) electrons. The van der Waals surface area contributed by atoms with Crippen LogP contribution in [0.3, 0.4) is 0 Å². The third-order valence-corrected chi connectivity index (χ3v) is 4.59. The van der Waals surface area contributed by atoms with Gasteiger partial charge < -0.3 is 5.32 Å². The van der Waals surface area contributed by atoms with Gasteiger partial charge in [-0.15, -0.1) is 0 Å². The number of rotatable bonds is 6. The molecule has 8 heteroatoms. The molecule has 0 atom stereocenters. The molecule has 24 heavy (non-hydrogen) atoms. The minimum absolute atomic E-state index is 0.0399. The van der Waals surface area contributed by atoms with Gasteiger partial charge in [-0.1, -0.05) is 13.0 Å². The predicted octanol–water partition coefficient (Wildman–Crippen LogP) is 2.91. The molecule has 2 rings (SSSR count). The molecule has 1 amide bonds. The topological polar surface area (TPSA) is 75.3 Å². The van der Waals surface area contributed by atoms with Crippen molar-refractivity contribution in [2.24, 2.45) is 0 Å². The van der Waals surface area contributed by atoms with Crippen molar-refractivity contribution < 1.29 is 22.0 Å². The van der Waals surface area contributed by atoms with Crippen molar-refractivity contribution in [2.45, 2.75) is 18.2 Å². The Kier molecular flexibility index (Phi) is 5.63. The van der Waals surface area contributed by atoms with Crippen molar-refractivity contribution in [1.29, 1.82) is 0 Å². The molecule has 2 aromatic rings. The van der Waals surface area contributed by atoms with E-state index in [1.165, 1.54) is 24.3 Å². The highest BCUT2D eigenvalue weighted by Crippen LogP contribution is 2.17. The summed E-state index contributed by atoms with van der Waals surface area (Å²) in [5.41, 5.74) is -0.156. The van der Waals surface area contributed by atoms with Crippen LogP contribution in [0.4, 0.5) is 14.5 Å². The quantitative estimate of drug-likeness (QED) is 0.838. The van der Waals surface area contributed by atoms with Gasteiger partial charge in [-0.25, -0.2) is 21.9 Å². The van der Waals surface area contributed by atoms with Crippen molar-refractivity contribution in [3.63, 3.8) is 0 Å². The van der Waals surface area contributed by atoms with Crippen LogP contribution >= 0.6 is 0 Å². The first-order chi connectivity index (χ1) is 11.3. The first kappa shape index (κ1) is 18.0. The number of nitrogens with one attached hydrogen (secondary N) is 2. The minimum atomic E-state index is -3.72. The van der Waals surface area contributed by atoms with Gasteiger partial charge in [0.15, 0.2) is 0 Å². The van der Waals surface area contributed by atoms with Crippen molar-refractivity contribution in [3.05, 3.63) is 59.7 Å². The highest BCUT2D eigenvalue weighted by Gasteiger charge is 2.16. The Hall–Kier alpha value is -2.32. The van der Waals surface area contributed by atoms with E-state index in [1.54, 1.807) is 0 Å². The summed E-state index contributed by atoms with van der Waals surface area (Å²) in [5.74, 6) is -2.38. The lowest BCUT2D eigenvalue weighted by molar-refractivity contribution is 0.102. The first-order valence-electron chi connectivity index (χ1n) is 7.19. The third kappa shape index (κ3) is 4.36. The lowest BCUT2D eigenvalue weighted by Gasteiger charge is -2.09. The lowest BCUT2D eigenvalue weighted by atomic mass is 10.2. The second kappa shape index (κ2) is 7.50. The fourth-order valence-electron chi connectivity index (χ4n) is 1.91. The summed E-state index contributed by atoms with van der Waals surface area (Å²) in [6, 6.07) is 8.10. The number of carbonyl (C=O) groups is 1. The fraction of sp³-hybridized carbons (Fsp3) is 0.188. The van der Waals surface area contributed by atoms with Gasteiger partial charge in [-0.05, 0) is 36.8 Å². The molecule has 0 aliphatic rings. The highest BCUT2D eigenvalue weighted by molar-refractivity contribution is 7.89. The van der Waals surface area contributed by atoms with Gasteiger partial charge in [0, 0.05) is 18.2 Å². The van der Waals surface area contributed by atoms with E-state index in [0.717, 1.165) is 12.1 Å². The van der Waals surface area contributed by atoms with Crippen LogP contribution in [0.1, 0.15) is 23.7 Å². The monoisotopic (exact) mass is 354 g/mol. The van der Waals surface area contributed by atoms with E-state index in [4.69, 9.17) is 0 Å². The molecule has 0 aliphatic carbocycles. The molecule has 128 valence electrons. The van der Waals surface area contributed by atoms with Crippen molar-refractivity contribution in [3.8, 4) is 0 Å². The fourth-order valence-corrected chi connectivity index (χ4v) is 3.09. The van der Waals surface area contributed by atoms with Gasteiger partial charge in [0.2, 0.25) is 10.0 Å². The standard InChI is InChI=1S/C16H16F2N2O3S/c1-2-8-19-24(22,23)13-5-3-4-11(9-13)16(21)20-15-7-6-12(17)10-14(15)18/h3-7,9-10,19H,2,8H2,1H3,(H,20,21). The molecular weight excluding hydrogens is 338 g/mol. The third-order valence-electron chi connectivity index (χ3n) is 3.13. The number of hydrogen-bond donors (Lipinski definition) is 2. The lowest BCUT2D eigenvalue weighted by Crippen LogP contribution is -2.24. The smallest absolute Gasteiger partial charge is 0.255 e. The van der Waals surface area contributed by atoms with Crippen molar-refractivity contribution in [1.82, 2.24) is 4.72 Å². The van der Waals surface area contributed by atoms with E-state index in [2.05, 4.69) is 10.0 Å². The summed E-state index contributed by atoms with van der Waals surface area (Å²) in [7, 11) is -3.72. The van der Waals surface area contributed by atoms with Crippen LogP contribution in [-0.2, 0) is 10.0 Å². The van der Waals surface area contributed by atoms with Crippen LogP contribution in [0.15, 0.2) is 47.4 Å². The normalized spacial score (nSPS) is 11.3. The Bertz CT molecular complexity index is 854. The molecule has 0 unspecified atom stereocenters. The highest BCUT2D eigenvalue weighted by atomic mass is 32.2. The summed E-state index contributed by atoms with van der Waals surface area (Å²) in [5, 5.41) is 2.28. The molecule has 0 aliphatic heterocycles. The van der Waals surface area contributed by atoms with Crippen LogP contribution < -0.4 is 10.0 Å². The number of amides is 1. The molecule has 0 saturated heterocycles. The number of anilines is 1. The predicted molar refractivity (Wildman–Crippen MR) is 86.2 cm³/mol. The Balaban J connectivity index is 2.23. The van der Waals surface area contributed by atoms with Gasteiger partial charge in [-0.3, -0.25) is 4.79 Å². The zero-order valence-corrected chi connectivity index (χ0v) is 13.7. The summed E-state index contributed by atoms with van der Waals surface area (Å²) < 4.78 is 53.0. The van der Waals surface area contributed by atoms with Gasteiger partial charge in [0.1, 0.15) is 11.6 Å². The summed E-state index contributed by atoms with van der Waals surface area (Å²) in [6.45, 7) is 2.10. The molecule has 5 nitrogen and oxygen atoms in total. The van der Waals surface area contributed by atoms with E-state index in [-0.39, 0.29) is 22.7 Å². The number of benzene rings is 2. The first-order valence-corrected chi connectivity index (χ1v) is 8.68. The van der Waals surface area contributed by atoms with E-state index < -0.39 is 27.6 Å². The average molecular weight is 354 g/mol. The minimum Gasteiger partial charge on any atom is -0.319 e. The maximum atomic E-state index is 13.6. The van der Waals surface area contributed by atoms with Crippen LogP contribution in [0.5, 0.6) is 0 Å². The van der Waals surface area contributed by atoms with Gasteiger partial charge in [0.05, 0.1) is 10.6 Å². The summed E-state index contributed by atoms with van der Waals surface area (Å²) in [4.78, 5) is 12.1. The van der Waals surface area contributed by atoms with E-state index in [9.17, 15) is 22.0 Å². The average Bonchev–Trinajstić information content (AvgIpc) is 2.55. The molecule has 0 aromatic heterocycles.